The molecule has 196 valence electrons. The fourth-order valence-corrected chi connectivity index (χ4v) is 4.15. The van der Waals surface area contributed by atoms with Gasteiger partial charge in [0.05, 0.1) is 18.3 Å². The van der Waals surface area contributed by atoms with Crippen molar-refractivity contribution >= 4 is 23.3 Å². The largest absolute Gasteiger partial charge is 0.416 e. The van der Waals surface area contributed by atoms with Crippen molar-refractivity contribution in [3.63, 3.8) is 0 Å². The van der Waals surface area contributed by atoms with E-state index in [9.17, 15) is 22.4 Å². The van der Waals surface area contributed by atoms with Crippen LogP contribution in [0.4, 0.5) is 28.0 Å². The summed E-state index contributed by atoms with van der Waals surface area (Å²) in [5.41, 5.74) is 1.35. The van der Waals surface area contributed by atoms with Crippen LogP contribution < -0.4 is 5.32 Å². The van der Waals surface area contributed by atoms with Gasteiger partial charge in [-0.1, -0.05) is 35.9 Å². The minimum absolute atomic E-state index is 0.144. The van der Waals surface area contributed by atoms with Crippen molar-refractivity contribution < 1.29 is 27.1 Å². The van der Waals surface area contributed by atoms with Crippen LogP contribution in [0.5, 0.6) is 0 Å². The first-order valence-corrected chi connectivity index (χ1v) is 12.1. The molecule has 0 aliphatic carbocycles. The van der Waals surface area contributed by atoms with Crippen LogP contribution in [0.25, 0.3) is 0 Å². The molecule has 5 nitrogen and oxygen atoms in total. The summed E-state index contributed by atoms with van der Waals surface area (Å²) in [4.78, 5) is 16.4. The first kappa shape index (κ1) is 26.9. The van der Waals surface area contributed by atoms with Crippen molar-refractivity contribution in [2.75, 3.05) is 38.0 Å². The number of hydrogen-bond acceptors (Lipinski definition) is 3. The van der Waals surface area contributed by atoms with Gasteiger partial charge < -0.3 is 15.0 Å². The Morgan fingerprint density at radius 1 is 0.919 bits per heavy atom. The second kappa shape index (κ2) is 11.9. The zero-order valence-corrected chi connectivity index (χ0v) is 20.6. The van der Waals surface area contributed by atoms with Gasteiger partial charge in [0, 0.05) is 43.4 Å². The lowest BCUT2D eigenvalue weighted by Gasteiger charge is -2.36. The van der Waals surface area contributed by atoms with E-state index in [1.165, 1.54) is 36.4 Å². The monoisotopic (exact) mass is 535 g/mol. The summed E-state index contributed by atoms with van der Waals surface area (Å²) in [5, 5.41) is 3.36. The number of carbonyl (C=O) groups excluding carboxylic acids is 1. The number of hydrogen-bond donors (Lipinski definition) is 1. The second-order valence-corrected chi connectivity index (χ2v) is 9.21. The number of urea groups is 1. The van der Waals surface area contributed by atoms with Crippen LogP contribution in [0.2, 0.25) is 5.02 Å². The highest BCUT2D eigenvalue weighted by Gasteiger charge is 2.30. The minimum Gasteiger partial charge on any atom is -0.368 e. The Morgan fingerprint density at radius 2 is 1.54 bits per heavy atom. The molecule has 2 amide bonds. The van der Waals surface area contributed by atoms with E-state index in [0.29, 0.717) is 49.0 Å². The zero-order chi connectivity index (χ0) is 26.4. The molecule has 0 saturated carbocycles. The van der Waals surface area contributed by atoms with E-state index in [2.05, 4.69) is 10.2 Å². The van der Waals surface area contributed by atoms with Gasteiger partial charge in [0.2, 0.25) is 0 Å². The quantitative estimate of drug-likeness (QED) is 0.346. The average Bonchev–Trinajstić information content (AvgIpc) is 2.88. The van der Waals surface area contributed by atoms with Gasteiger partial charge in [-0.2, -0.15) is 13.2 Å². The van der Waals surface area contributed by atoms with Gasteiger partial charge in [0.1, 0.15) is 5.82 Å². The van der Waals surface area contributed by atoms with Crippen molar-refractivity contribution in [1.82, 2.24) is 9.80 Å². The maximum Gasteiger partial charge on any atom is 0.416 e. The van der Waals surface area contributed by atoms with Crippen LogP contribution in [-0.4, -0.2) is 48.6 Å². The first-order valence-electron chi connectivity index (χ1n) is 11.7. The summed E-state index contributed by atoms with van der Waals surface area (Å²) in [6.45, 7) is 2.91. The Morgan fingerprint density at radius 3 is 2.14 bits per heavy atom. The molecule has 1 heterocycles. The normalized spacial score (nSPS) is 15.4. The molecule has 0 spiro atoms. The third kappa shape index (κ3) is 7.67. The van der Waals surface area contributed by atoms with Crippen molar-refractivity contribution in [2.45, 2.75) is 18.9 Å². The molecule has 0 aromatic heterocycles. The summed E-state index contributed by atoms with van der Waals surface area (Å²) in [5.74, 6) is -0.373. The van der Waals surface area contributed by atoms with Crippen molar-refractivity contribution in [1.29, 1.82) is 0 Å². The summed E-state index contributed by atoms with van der Waals surface area (Å²) < 4.78 is 57.8. The highest BCUT2D eigenvalue weighted by molar-refractivity contribution is 6.30. The number of benzene rings is 3. The Kier molecular flexibility index (Phi) is 8.68. The van der Waals surface area contributed by atoms with Gasteiger partial charge in [-0.05, 0) is 59.7 Å². The number of nitrogens with zero attached hydrogens (tertiary/aromatic N) is 2. The molecule has 1 fully saturated rings. The van der Waals surface area contributed by atoms with Crippen LogP contribution in [0.15, 0.2) is 72.8 Å². The number of amides is 2. The number of ether oxygens (including phenoxy) is 1. The Bertz CT molecular complexity index is 1160. The predicted molar refractivity (Wildman–Crippen MR) is 134 cm³/mol. The Hall–Kier alpha value is -3.14. The summed E-state index contributed by atoms with van der Waals surface area (Å²) in [7, 11) is 0. The minimum atomic E-state index is -4.39. The lowest BCUT2D eigenvalue weighted by atomic mass is 10.1. The lowest BCUT2D eigenvalue weighted by molar-refractivity contribution is -0.137. The molecule has 1 aliphatic rings. The maximum absolute atomic E-state index is 13.1. The van der Waals surface area contributed by atoms with Gasteiger partial charge in [-0.25, -0.2) is 9.18 Å². The van der Waals surface area contributed by atoms with Crippen LogP contribution in [0.1, 0.15) is 22.8 Å². The smallest absolute Gasteiger partial charge is 0.368 e. The highest BCUT2D eigenvalue weighted by Crippen LogP contribution is 2.30. The topological polar surface area (TPSA) is 44.8 Å². The molecule has 3 aromatic carbocycles. The molecule has 1 N–H and O–H groups in total. The molecule has 1 saturated heterocycles. The van der Waals surface area contributed by atoms with Gasteiger partial charge >= 0.3 is 12.2 Å². The van der Waals surface area contributed by atoms with Gasteiger partial charge in [0.25, 0.3) is 0 Å². The molecule has 1 aliphatic heterocycles. The fourth-order valence-electron chi connectivity index (χ4n) is 4.02. The molecule has 1 atom stereocenters. The number of nitrogens with one attached hydrogen (secondary N) is 1. The van der Waals surface area contributed by atoms with E-state index in [-0.39, 0.29) is 24.6 Å². The zero-order valence-electron chi connectivity index (χ0n) is 19.8. The molecule has 0 unspecified atom stereocenters. The second-order valence-electron chi connectivity index (χ2n) is 8.77. The summed E-state index contributed by atoms with van der Waals surface area (Å²) in [6.07, 6.45) is -4.73. The van der Waals surface area contributed by atoms with Gasteiger partial charge in [-0.3, -0.25) is 4.90 Å². The third-order valence-corrected chi connectivity index (χ3v) is 6.41. The molecule has 3 aromatic rings. The van der Waals surface area contributed by atoms with Gasteiger partial charge in [0.15, 0.2) is 0 Å². The van der Waals surface area contributed by atoms with Crippen molar-refractivity contribution in [3.8, 4) is 0 Å². The van der Waals surface area contributed by atoms with Crippen LogP contribution >= 0.6 is 11.6 Å². The van der Waals surface area contributed by atoms with E-state index < -0.39 is 11.7 Å². The molecule has 4 rings (SSSR count). The predicted octanol–water partition coefficient (Wildman–Crippen LogP) is 6.61. The Balaban J connectivity index is 1.35. The fraction of sp³-hybridized carbons (Fsp3) is 0.296. The van der Waals surface area contributed by atoms with Crippen LogP contribution in [0, 0.1) is 5.82 Å². The van der Waals surface area contributed by atoms with E-state index in [4.69, 9.17) is 16.3 Å². The van der Waals surface area contributed by atoms with Crippen molar-refractivity contribution in [3.05, 3.63) is 100 Å². The summed E-state index contributed by atoms with van der Waals surface area (Å²) >= 11 is 6.04. The molecule has 0 radical (unpaired) electrons. The SMILES string of the molecule is O=C(Nc1ccc(F)cc1)N1CCN(C[C@@H](OCc2ccc(C(F)(F)F)cc2)c2ccc(Cl)cc2)CC1. The van der Waals surface area contributed by atoms with Gasteiger partial charge in [-0.15, -0.1) is 0 Å². The number of piperazine rings is 1. The standard InChI is InChI=1S/C27H26ClF4N3O2/c28-22-7-3-20(4-8-22)25(37-18-19-1-5-21(6-2-19)27(30,31)32)17-34-13-15-35(16-14-34)26(36)33-24-11-9-23(29)10-12-24/h1-12,25H,13-18H2,(H,33,36)/t25-/m1/s1. The number of anilines is 1. The molecular formula is C27H26ClF4N3O2. The van der Waals surface area contributed by atoms with Crippen LogP contribution in [-0.2, 0) is 17.5 Å². The average molecular weight is 536 g/mol. The van der Waals surface area contributed by atoms with E-state index in [1.807, 2.05) is 12.1 Å². The lowest BCUT2D eigenvalue weighted by Crippen LogP contribution is -2.50. The number of alkyl halides is 3. The molecular weight excluding hydrogens is 510 g/mol. The first-order chi connectivity index (χ1) is 17.7. The molecule has 0 bridgehead atoms. The molecule has 10 heteroatoms. The Labute approximate surface area is 217 Å². The summed E-state index contributed by atoms with van der Waals surface area (Å²) in [6, 6.07) is 17.5. The third-order valence-electron chi connectivity index (χ3n) is 6.15. The van der Waals surface area contributed by atoms with E-state index in [1.54, 1.807) is 17.0 Å². The molecule has 37 heavy (non-hydrogen) atoms. The maximum atomic E-state index is 13.1. The van der Waals surface area contributed by atoms with Crippen LogP contribution in [0.3, 0.4) is 0 Å². The van der Waals surface area contributed by atoms with E-state index in [0.717, 1.165) is 17.7 Å². The van der Waals surface area contributed by atoms with E-state index >= 15 is 0 Å². The number of rotatable bonds is 7. The highest BCUT2D eigenvalue weighted by atomic mass is 35.5. The van der Waals surface area contributed by atoms with Crippen molar-refractivity contribution in [2.24, 2.45) is 0 Å². The number of carbonyl (C=O) groups is 1. The number of halogens is 5.